The Bertz CT molecular complexity index is 1230. The molecule has 4 heterocycles. The molecule has 29 heavy (non-hydrogen) atoms. The Balaban J connectivity index is 1.81. The van der Waals surface area contributed by atoms with Gasteiger partial charge in [0, 0.05) is 30.8 Å². The van der Waals surface area contributed by atoms with Crippen molar-refractivity contribution in [3.63, 3.8) is 0 Å². The van der Waals surface area contributed by atoms with Crippen LogP contribution in [0.2, 0.25) is 0 Å². The van der Waals surface area contributed by atoms with E-state index in [0.29, 0.717) is 12.2 Å². The van der Waals surface area contributed by atoms with Gasteiger partial charge in [-0.05, 0) is 37.6 Å². The zero-order valence-electron chi connectivity index (χ0n) is 16.5. The van der Waals surface area contributed by atoms with Crippen molar-refractivity contribution in [1.82, 2.24) is 24.5 Å². The topological polar surface area (TPSA) is 84.1 Å². The van der Waals surface area contributed by atoms with Crippen molar-refractivity contribution in [2.24, 2.45) is 7.05 Å². The summed E-state index contributed by atoms with van der Waals surface area (Å²) in [4.78, 5) is 16.9. The normalized spacial score (nSPS) is 16.7. The van der Waals surface area contributed by atoms with Gasteiger partial charge in [0.2, 0.25) is 0 Å². The molecular formula is C21H21N5O3. The number of methoxy groups -OCH3 is 1. The van der Waals surface area contributed by atoms with E-state index >= 15 is 0 Å². The highest BCUT2D eigenvalue weighted by atomic mass is 16.5. The van der Waals surface area contributed by atoms with Crippen LogP contribution in [0.5, 0.6) is 0 Å². The van der Waals surface area contributed by atoms with Gasteiger partial charge in [0.25, 0.3) is 0 Å². The molecule has 1 unspecified atom stereocenters. The van der Waals surface area contributed by atoms with E-state index < -0.39 is 0 Å². The monoisotopic (exact) mass is 391 g/mol. The van der Waals surface area contributed by atoms with Gasteiger partial charge in [-0.25, -0.2) is 9.48 Å². The molecule has 1 atom stereocenters. The smallest absolute Gasteiger partial charge is 0.337 e. The molecule has 1 aromatic carbocycles. The van der Waals surface area contributed by atoms with Crippen LogP contribution in [0.4, 0.5) is 0 Å². The number of ether oxygens (including phenoxy) is 2. The second-order valence-electron chi connectivity index (χ2n) is 7.35. The van der Waals surface area contributed by atoms with Gasteiger partial charge in [0.15, 0.2) is 0 Å². The lowest BCUT2D eigenvalue weighted by Gasteiger charge is -2.14. The summed E-state index contributed by atoms with van der Waals surface area (Å²) in [5.74, 6) is -0.350. The highest BCUT2D eigenvalue weighted by Gasteiger charge is 2.24. The molecule has 0 radical (unpaired) electrons. The molecule has 1 aliphatic heterocycles. The molecule has 8 heteroatoms. The first-order valence-electron chi connectivity index (χ1n) is 9.55. The molecule has 0 bridgehead atoms. The fraction of sp³-hybridized carbons (Fsp3) is 0.333. The molecule has 0 saturated carbocycles. The SMILES string of the molecule is COC(=O)c1ccc2c3ncc(-c4c(C)nnn4C)cc3n(C3CCOC3)c2c1. The number of aromatic nitrogens is 5. The van der Waals surface area contributed by atoms with E-state index in [2.05, 4.69) is 20.9 Å². The van der Waals surface area contributed by atoms with Crippen LogP contribution in [-0.4, -0.2) is 50.8 Å². The summed E-state index contributed by atoms with van der Waals surface area (Å²) in [6, 6.07) is 7.93. The molecule has 1 saturated heterocycles. The number of hydrogen-bond acceptors (Lipinski definition) is 6. The molecule has 5 rings (SSSR count). The third-order valence-corrected chi connectivity index (χ3v) is 5.60. The number of benzene rings is 1. The van der Waals surface area contributed by atoms with Gasteiger partial charge in [-0.1, -0.05) is 5.21 Å². The average molecular weight is 391 g/mol. The molecular weight excluding hydrogens is 370 g/mol. The lowest BCUT2D eigenvalue weighted by Crippen LogP contribution is -2.09. The van der Waals surface area contributed by atoms with Crippen LogP contribution in [0.25, 0.3) is 33.2 Å². The van der Waals surface area contributed by atoms with Crippen LogP contribution >= 0.6 is 0 Å². The Morgan fingerprint density at radius 1 is 1.28 bits per heavy atom. The van der Waals surface area contributed by atoms with E-state index in [1.165, 1.54) is 7.11 Å². The number of carbonyl (C=O) groups is 1. The van der Waals surface area contributed by atoms with Gasteiger partial charge >= 0.3 is 5.97 Å². The van der Waals surface area contributed by atoms with Crippen LogP contribution in [0.15, 0.2) is 30.5 Å². The van der Waals surface area contributed by atoms with Crippen molar-refractivity contribution in [2.75, 3.05) is 20.3 Å². The molecule has 8 nitrogen and oxygen atoms in total. The van der Waals surface area contributed by atoms with Gasteiger partial charge in [0.1, 0.15) is 0 Å². The minimum atomic E-state index is -0.350. The minimum Gasteiger partial charge on any atom is -0.465 e. The Labute approximate surface area is 167 Å². The number of pyridine rings is 1. The molecule has 0 amide bonds. The zero-order chi connectivity index (χ0) is 20.1. The van der Waals surface area contributed by atoms with Gasteiger partial charge in [-0.3, -0.25) is 4.98 Å². The second kappa shape index (κ2) is 6.66. The molecule has 1 aliphatic rings. The number of aryl methyl sites for hydroxylation is 2. The summed E-state index contributed by atoms with van der Waals surface area (Å²) in [5, 5.41) is 9.28. The number of hydrogen-bond donors (Lipinski definition) is 0. The van der Waals surface area contributed by atoms with Crippen LogP contribution in [0.3, 0.4) is 0 Å². The summed E-state index contributed by atoms with van der Waals surface area (Å²) in [5.41, 5.74) is 6.15. The highest BCUT2D eigenvalue weighted by Crippen LogP contribution is 2.36. The lowest BCUT2D eigenvalue weighted by molar-refractivity contribution is 0.0601. The van der Waals surface area contributed by atoms with E-state index in [-0.39, 0.29) is 12.0 Å². The number of esters is 1. The van der Waals surface area contributed by atoms with E-state index in [9.17, 15) is 4.79 Å². The quantitative estimate of drug-likeness (QED) is 0.499. The maximum absolute atomic E-state index is 12.1. The molecule has 0 aliphatic carbocycles. The van der Waals surface area contributed by atoms with Gasteiger partial charge < -0.3 is 14.0 Å². The summed E-state index contributed by atoms with van der Waals surface area (Å²) in [7, 11) is 3.27. The fourth-order valence-electron chi connectivity index (χ4n) is 4.25. The summed E-state index contributed by atoms with van der Waals surface area (Å²) >= 11 is 0. The summed E-state index contributed by atoms with van der Waals surface area (Å²) in [6.07, 6.45) is 2.77. The average Bonchev–Trinajstić information content (AvgIpc) is 3.44. The third kappa shape index (κ3) is 2.71. The number of nitrogens with zero attached hydrogens (tertiary/aromatic N) is 5. The highest BCUT2D eigenvalue weighted by molar-refractivity contribution is 6.08. The van der Waals surface area contributed by atoms with E-state index in [4.69, 9.17) is 14.5 Å². The predicted octanol–water partition coefficient (Wildman–Crippen LogP) is 3.04. The molecule has 1 fully saturated rings. The summed E-state index contributed by atoms with van der Waals surface area (Å²) in [6.45, 7) is 3.30. The fourth-order valence-corrected chi connectivity index (χ4v) is 4.25. The van der Waals surface area contributed by atoms with Gasteiger partial charge in [0.05, 0.1) is 53.3 Å². The Morgan fingerprint density at radius 2 is 2.14 bits per heavy atom. The van der Waals surface area contributed by atoms with Crippen LogP contribution in [0, 0.1) is 6.92 Å². The molecule has 0 spiro atoms. The van der Waals surface area contributed by atoms with E-state index in [1.54, 1.807) is 10.7 Å². The first kappa shape index (κ1) is 17.8. The van der Waals surface area contributed by atoms with Crippen molar-refractivity contribution in [3.8, 4) is 11.3 Å². The van der Waals surface area contributed by atoms with Gasteiger partial charge in [-0.15, -0.1) is 5.10 Å². The van der Waals surface area contributed by atoms with E-state index in [0.717, 1.165) is 51.9 Å². The molecule has 4 aromatic rings. The first-order chi connectivity index (χ1) is 14.1. The van der Waals surface area contributed by atoms with Crippen LogP contribution in [-0.2, 0) is 16.5 Å². The van der Waals surface area contributed by atoms with Crippen molar-refractivity contribution in [2.45, 2.75) is 19.4 Å². The lowest BCUT2D eigenvalue weighted by atomic mass is 10.1. The standard InChI is InChI=1S/C21H21N5O3/c1-12-20(25(2)24-23-12)14-9-18-19(22-10-14)16-5-4-13(21(27)28-3)8-17(16)26(18)15-6-7-29-11-15/h4-5,8-10,15H,6-7,11H2,1-3H3. The molecule has 148 valence electrons. The maximum Gasteiger partial charge on any atom is 0.337 e. The predicted molar refractivity (Wildman–Crippen MR) is 108 cm³/mol. The van der Waals surface area contributed by atoms with Crippen LogP contribution < -0.4 is 0 Å². The first-order valence-corrected chi connectivity index (χ1v) is 9.55. The summed E-state index contributed by atoms with van der Waals surface area (Å²) < 4.78 is 14.6. The van der Waals surface area contributed by atoms with Crippen molar-refractivity contribution >= 4 is 27.9 Å². The minimum absolute atomic E-state index is 0.186. The third-order valence-electron chi connectivity index (χ3n) is 5.60. The second-order valence-corrected chi connectivity index (χ2v) is 7.35. The zero-order valence-corrected chi connectivity index (χ0v) is 16.5. The van der Waals surface area contributed by atoms with Crippen molar-refractivity contribution in [1.29, 1.82) is 0 Å². The van der Waals surface area contributed by atoms with Crippen LogP contribution in [0.1, 0.15) is 28.5 Å². The van der Waals surface area contributed by atoms with Gasteiger partial charge in [-0.2, -0.15) is 0 Å². The number of fused-ring (bicyclic) bond motifs is 3. The number of carbonyl (C=O) groups excluding carboxylic acids is 1. The maximum atomic E-state index is 12.1. The van der Waals surface area contributed by atoms with Crippen molar-refractivity contribution < 1.29 is 14.3 Å². The van der Waals surface area contributed by atoms with Crippen molar-refractivity contribution in [3.05, 3.63) is 41.7 Å². The molecule has 0 N–H and O–H groups in total. The molecule has 3 aromatic heterocycles. The largest absolute Gasteiger partial charge is 0.465 e. The van der Waals surface area contributed by atoms with E-state index in [1.807, 2.05) is 32.3 Å². The Hall–Kier alpha value is -3.26. The Morgan fingerprint density at radius 3 is 2.83 bits per heavy atom. The Kier molecular flexibility index (Phi) is 4.09. The number of rotatable bonds is 3.